The number of nitrogens with one attached hydrogen (secondary N) is 1. The maximum Gasteiger partial charge on any atom is 0.231 e. The van der Waals surface area contributed by atoms with Gasteiger partial charge < -0.3 is 10.2 Å². The van der Waals surface area contributed by atoms with E-state index in [4.69, 9.17) is 0 Å². The number of rotatable bonds is 2. The van der Waals surface area contributed by atoms with E-state index in [-0.39, 0.29) is 5.91 Å². The Bertz CT molecular complexity index is 503. The predicted molar refractivity (Wildman–Crippen MR) is 79.5 cm³/mol. The van der Waals surface area contributed by atoms with Crippen LogP contribution in [-0.4, -0.2) is 29.9 Å². The molecule has 19 heavy (non-hydrogen) atoms. The van der Waals surface area contributed by atoms with Crippen LogP contribution < -0.4 is 5.32 Å². The van der Waals surface area contributed by atoms with Gasteiger partial charge in [-0.05, 0) is 49.2 Å². The molecule has 0 bridgehead atoms. The monoisotopic (exact) mass is 320 g/mol. The first-order chi connectivity index (χ1) is 9.24. The second-order valence-corrected chi connectivity index (χ2v) is 6.04. The van der Waals surface area contributed by atoms with Gasteiger partial charge in [-0.3, -0.25) is 4.79 Å². The number of amides is 1. The van der Waals surface area contributed by atoms with Gasteiger partial charge in [-0.1, -0.05) is 28.1 Å². The fraction of sp³-hybridized carbons (Fsp3) is 0.400. The van der Waals surface area contributed by atoms with E-state index in [2.05, 4.69) is 39.6 Å². The summed E-state index contributed by atoms with van der Waals surface area (Å²) in [5.74, 6) is 0.241. The highest BCUT2D eigenvalue weighted by Gasteiger charge is 2.29. The zero-order valence-corrected chi connectivity index (χ0v) is 12.3. The Labute approximate surface area is 121 Å². The van der Waals surface area contributed by atoms with Crippen molar-refractivity contribution in [3.63, 3.8) is 0 Å². The minimum atomic E-state index is 0.241. The summed E-state index contributed by atoms with van der Waals surface area (Å²) in [6, 6.07) is 8.55. The molecule has 0 aromatic heterocycles. The molecule has 3 rings (SSSR count). The summed E-state index contributed by atoms with van der Waals surface area (Å²) in [6.07, 6.45) is 4.69. The molecule has 0 atom stereocenters. The third-order valence-corrected chi connectivity index (χ3v) is 4.37. The Morgan fingerprint density at radius 3 is 2.53 bits per heavy atom. The van der Waals surface area contributed by atoms with E-state index < -0.39 is 0 Å². The molecule has 1 aromatic carbocycles. The van der Waals surface area contributed by atoms with Crippen LogP contribution in [0.2, 0.25) is 0 Å². The van der Waals surface area contributed by atoms with Gasteiger partial charge in [-0.15, -0.1) is 0 Å². The average Bonchev–Trinajstić information content (AvgIpc) is 2.83. The summed E-state index contributed by atoms with van der Waals surface area (Å²) < 4.78 is 1.07. The summed E-state index contributed by atoms with van der Waals surface area (Å²) in [4.78, 5) is 14.1. The fourth-order valence-electron chi connectivity index (χ4n) is 2.77. The Balaban J connectivity index is 1.80. The minimum absolute atomic E-state index is 0.241. The van der Waals surface area contributed by atoms with E-state index in [0.29, 0.717) is 12.5 Å². The van der Waals surface area contributed by atoms with Crippen molar-refractivity contribution >= 4 is 27.4 Å². The number of carbonyl (C=O) groups excluding carboxylic acids is 1. The molecular formula is C15H17BrN2O. The lowest BCUT2D eigenvalue weighted by molar-refractivity contribution is -0.128. The SMILES string of the molecule is O=C1CC(c2ccc(Br)cc2)=CN1C1CCNCC1. The highest BCUT2D eigenvalue weighted by atomic mass is 79.9. The third kappa shape index (κ3) is 2.74. The van der Waals surface area contributed by atoms with E-state index in [9.17, 15) is 4.79 Å². The second kappa shape index (κ2) is 5.47. The highest BCUT2D eigenvalue weighted by molar-refractivity contribution is 9.10. The van der Waals surface area contributed by atoms with E-state index in [1.54, 1.807) is 0 Å². The molecule has 0 aliphatic carbocycles. The van der Waals surface area contributed by atoms with Crippen LogP contribution in [0.5, 0.6) is 0 Å². The molecule has 1 aromatic rings. The van der Waals surface area contributed by atoms with Crippen molar-refractivity contribution in [2.24, 2.45) is 0 Å². The van der Waals surface area contributed by atoms with Crippen LogP contribution in [0.15, 0.2) is 34.9 Å². The van der Waals surface area contributed by atoms with Crippen LogP contribution in [-0.2, 0) is 4.79 Å². The molecule has 3 nitrogen and oxygen atoms in total. The molecule has 100 valence electrons. The van der Waals surface area contributed by atoms with Crippen molar-refractivity contribution in [1.29, 1.82) is 0 Å². The lowest BCUT2D eigenvalue weighted by atomic mass is 10.1. The molecule has 1 fully saturated rings. The predicted octanol–water partition coefficient (Wildman–Crippen LogP) is 2.77. The Morgan fingerprint density at radius 1 is 1.16 bits per heavy atom. The summed E-state index contributed by atoms with van der Waals surface area (Å²) >= 11 is 3.44. The van der Waals surface area contributed by atoms with Crippen molar-refractivity contribution in [3.8, 4) is 0 Å². The van der Waals surface area contributed by atoms with Crippen molar-refractivity contribution in [1.82, 2.24) is 10.2 Å². The van der Waals surface area contributed by atoms with Crippen LogP contribution in [0.25, 0.3) is 5.57 Å². The molecule has 2 aliphatic heterocycles. The Kier molecular flexibility index (Phi) is 3.71. The standard InChI is InChI=1S/C15H17BrN2O/c16-13-3-1-11(2-4-13)12-9-15(19)18(10-12)14-5-7-17-8-6-14/h1-4,10,14,17H,5-9H2. The summed E-state index contributed by atoms with van der Waals surface area (Å²) in [6.45, 7) is 2.02. The summed E-state index contributed by atoms with van der Waals surface area (Å²) in [5, 5.41) is 3.34. The lowest BCUT2D eigenvalue weighted by Crippen LogP contribution is -2.41. The molecule has 1 saturated heterocycles. The molecule has 2 aliphatic rings. The van der Waals surface area contributed by atoms with Gasteiger partial charge in [0.1, 0.15) is 0 Å². The van der Waals surface area contributed by atoms with Crippen molar-refractivity contribution in [2.75, 3.05) is 13.1 Å². The molecule has 0 saturated carbocycles. The van der Waals surface area contributed by atoms with Gasteiger partial charge in [-0.2, -0.15) is 0 Å². The number of halogens is 1. The summed E-state index contributed by atoms with van der Waals surface area (Å²) in [5.41, 5.74) is 2.28. The number of hydrogen-bond donors (Lipinski definition) is 1. The number of nitrogens with zero attached hydrogens (tertiary/aromatic N) is 1. The molecule has 1 N–H and O–H groups in total. The van der Waals surface area contributed by atoms with Crippen LogP contribution in [0, 0.1) is 0 Å². The number of hydrogen-bond acceptors (Lipinski definition) is 2. The second-order valence-electron chi connectivity index (χ2n) is 5.12. The van der Waals surface area contributed by atoms with Crippen LogP contribution in [0.3, 0.4) is 0 Å². The Morgan fingerprint density at radius 2 is 1.84 bits per heavy atom. The quantitative estimate of drug-likeness (QED) is 0.908. The number of carbonyl (C=O) groups is 1. The Hall–Kier alpha value is -1.13. The normalized spacial score (nSPS) is 20.8. The number of piperidine rings is 1. The van der Waals surface area contributed by atoms with Gasteiger partial charge in [0, 0.05) is 16.7 Å². The lowest BCUT2D eigenvalue weighted by Gasteiger charge is -2.29. The average molecular weight is 321 g/mol. The maximum atomic E-state index is 12.2. The first-order valence-electron chi connectivity index (χ1n) is 6.72. The third-order valence-electron chi connectivity index (χ3n) is 3.84. The van der Waals surface area contributed by atoms with E-state index in [1.807, 2.05) is 17.0 Å². The van der Waals surface area contributed by atoms with Crippen LogP contribution in [0.4, 0.5) is 0 Å². The van der Waals surface area contributed by atoms with E-state index >= 15 is 0 Å². The molecule has 0 unspecified atom stereocenters. The van der Waals surface area contributed by atoms with Gasteiger partial charge in [0.15, 0.2) is 0 Å². The first-order valence-corrected chi connectivity index (χ1v) is 7.52. The molecule has 1 amide bonds. The van der Waals surface area contributed by atoms with Crippen LogP contribution >= 0.6 is 15.9 Å². The van der Waals surface area contributed by atoms with Gasteiger partial charge in [0.2, 0.25) is 5.91 Å². The minimum Gasteiger partial charge on any atom is -0.317 e. The zero-order chi connectivity index (χ0) is 13.2. The largest absolute Gasteiger partial charge is 0.317 e. The fourth-order valence-corrected chi connectivity index (χ4v) is 3.04. The van der Waals surface area contributed by atoms with Crippen molar-refractivity contribution in [3.05, 3.63) is 40.5 Å². The smallest absolute Gasteiger partial charge is 0.231 e. The first kappa shape index (κ1) is 12.9. The topological polar surface area (TPSA) is 32.3 Å². The van der Waals surface area contributed by atoms with Crippen molar-refractivity contribution in [2.45, 2.75) is 25.3 Å². The molecule has 4 heteroatoms. The van der Waals surface area contributed by atoms with E-state index in [1.165, 1.54) is 0 Å². The van der Waals surface area contributed by atoms with Crippen molar-refractivity contribution < 1.29 is 4.79 Å². The summed E-state index contributed by atoms with van der Waals surface area (Å²) in [7, 11) is 0. The highest BCUT2D eigenvalue weighted by Crippen LogP contribution is 2.29. The molecule has 0 spiro atoms. The van der Waals surface area contributed by atoms with Gasteiger partial charge >= 0.3 is 0 Å². The van der Waals surface area contributed by atoms with E-state index in [0.717, 1.165) is 41.5 Å². The van der Waals surface area contributed by atoms with Gasteiger partial charge in [0.05, 0.1) is 6.42 Å². The molecular weight excluding hydrogens is 304 g/mol. The van der Waals surface area contributed by atoms with Gasteiger partial charge in [0.25, 0.3) is 0 Å². The van der Waals surface area contributed by atoms with Gasteiger partial charge in [-0.25, -0.2) is 0 Å². The molecule has 2 heterocycles. The van der Waals surface area contributed by atoms with Crippen LogP contribution in [0.1, 0.15) is 24.8 Å². The molecule has 0 radical (unpaired) electrons. The maximum absolute atomic E-state index is 12.2. The number of benzene rings is 1. The zero-order valence-electron chi connectivity index (χ0n) is 10.7.